The van der Waals surface area contributed by atoms with Gasteiger partial charge in [0.25, 0.3) is 0 Å². The summed E-state index contributed by atoms with van der Waals surface area (Å²) in [6, 6.07) is 158. The number of hydrogen-bond donors (Lipinski definition) is 0. The van der Waals surface area contributed by atoms with Crippen LogP contribution in [0, 0.1) is 0 Å². The Hall–Kier alpha value is -14.4. The number of anilines is 6. The third-order valence-electron chi connectivity index (χ3n) is 23.9. The minimum Gasteiger partial charge on any atom is -0.310 e. The summed E-state index contributed by atoms with van der Waals surface area (Å²) in [6.45, 7) is 0. The summed E-state index contributed by atoms with van der Waals surface area (Å²) >= 11 is 0. The monoisotopic (exact) mass is 1410 g/mol. The molecule has 518 valence electrons. The van der Waals surface area contributed by atoms with Crippen LogP contribution in [0.4, 0.5) is 34.1 Å². The molecule has 1 heterocycles. The standard InChI is InChI=1S/C108H71N3/c1-5-23-71(24-6-1)73-43-53-84(54-44-73)109(85-55-45-74(46-56-85)72-25-7-2-8-26-72)87-34-21-31-78(65-87)81-52-64-105-99(68-81)94-60-49-82(69-106(94)111(105)83-32-11-4-12-33-83)80-51-63-102-98(67-80)92-38-18-20-41-101(92)108(102)100-40-19-17-37-91(100)93-62-59-88(70-103(93)108)110(104-42-22-30-76-27-13-14-35-89(76)104)86-57-47-75(48-58-86)79-50-61-96-97(66-79)90-36-15-16-39-95(90)107(96)77-28-9-3-10-29-77/h1-70,107H. The fraction of sp³-hybridized carbons (Fsp3) is 0.0185. The zero-order valence-corrected chi connectivity index (χ0v) is 60.8. The molecule has 1 aromatic heterocycles. The summed E-state index contributed by atoms with van der Waals surface area (Å²) in [6.07, 6.45) is 0. The van der Waals surface area contributed by atoms with Gasteiger partial charge in [0.15, 0.2) is 0 Å². The van der Waals surface area contributed by atoms with Gasteiger partial charge in [-0.05, 0) is 243 Å². The summed E-state index contributed by atoms with van der Waals surface area (Å²) < 4.78 is 2.46. The van der Waals surface area contributed by atoms with Crippen LogP contribution in [-0.2, 0) is 5.41 Å². The van der Waals surface area contributed by atoms with Crippen LogP contribution in [0.5, 0.6) is 0 Å². The number of hydrogen-bond acceptors (Lipinski definition) is 2. The van der Waals surface area contributed by atoms with Gasteiger partial charge in [-0.15, -0.1) is 0 Å². The highest BCUT2D eigenvalue weighted by Gasteiger charge is 2.52. The van der Waals surface area contributed by atoms with Gasteiger partial charge < -0.3 is 14.4 Å². The van der Waals surface area contributed by atoms with Gasteiger partial charge in [0.2, 0.25) is 0 Å². The van der Waals surface area contributed by atoms with E-state index in [2.05, 4.69) is 439 Å². The third kappa shape index (κ3) is 10.3. The maximum Gasteiger partial charge on any atom is 0.0726 e. The van der Waals surface area contributed by atoms with Crippen molar-refractivity contribution in [3.8, 4) is 94.7 Å². The molecule has 1 spiro atoms. The molecular weight excluding hydrogens is 1340 g/mol. The lowest BCUT2D eigenvalue weighted by Crippen LogP contribution is -2.26. The van der Waals surface area contributed by atoms with Crippen molar-refractivity contribution in [3.63, 3.8) is 0 Å². The second kappa shape index (κ2) is 26.0. The van der Waals surface area contributed by atoms with Gasteiger partial charge in [0.1, 0.15) is 0 Å². The van der Waals surface area contributed by atoms with E-state index in [-0.39, 0.29) is 5.92 Å². The third-order valence-corrected chi connectivity index (χ3v) is 23.9. The molecule has 3 heteroatoms. The minimum atomic E-state index is -0.603. The number of fused-ring (bicyclic) bond motifs is 17. The maximum absolute atomic E-state index is 2.52. The van der Waals surface area contributed by atoms with E-state index in [0.717, 1.165) is 67.5 Å². The molecule has 3 nitrogen and oxygen atoms in total. The van der Waals surface area contributed by atoms with Gasteiger partial charge in [-0.1, -0.05) is 315 Å². The highest BCUT2D eigenvalue weighted by Crippen LogP contribution is 2.64. The van der Waals surface area contributed by atoms with Crippen molar-refractivity contribution in [3.05, 3.63) is 464 Å². The fourth-order valence-electron chi connectivity index (χ4n) is 18.8. The topological polar surface area (TPSA) is 11.4 Å². The van der Waals surface area contributed by atoms with Crippen LogP contribution in [0.25, 0.3) is 127 Å². The Morgan fingerprint density at radius 2 is 0.667 bits per heavy atom. The molecule has 2 atom stereocenters. The van der Waals surface area contributed by atoms with Gasteiger partial charge in [-0.3, -0.25) is 0 Å². The molecule has 0 N–H and O–H groups in total. The van der Waals surface area contributed by atoms with E-state index in [1.807, 2.05) is 0 Å². The van der Waals surface area contributed by atoms with Crippen molar-refractivity contribution >= 4 is 66.7 Å². The molecule has 0 amide bonds. The smallest absolute Gasteiger partial charge is 0.0726 e. The Kier molecular flexibility index (Phi) is 14.9. The zero-order chi connectivity index (χ0) is 73.1. The highest BCUT2D eigenvalue weighted by atomic mass is 15.1. The Morgan fingerprint density at radius 3 is 1.38 bits per heavy atom. The SMILES string of the molecule is c1ccc(-c2ccc(N(c3ccc(-c4ccccc4)cc3)c3cccc(-c4ccc5c(c4)c4ccc(-c6ccc7c(c6)-c6ccccc6C76c7ccccc7-c7ccc(N(c8ccc(-c9ccc%10c(c9)-c9ccccc9C%10c9ccccc9)cc8)c8cccc9ccccc89)cc76)cc4n5-c4ccccc4)c3)cc2)cc1. The Balaban J connectivity index is 0.642. The average Bonchev–Trinajstić information content (AvgIpc) is 1.51. The molecule has 0 saturated heterocycles. The highest BCUT2D eigenvalue weighted by molar-refractivity contribution is 6.12. The van der Waals surface area contributed by atoms with E-state index in [4.69, 9.17) is 0 Å². The molecule has 0 aliphatic heterocycles. The molecule has 3 aliphatic rings. The lowest BCUT2D eigenvalue weighted by molar-refractivity contribution is 0.794. The van der Waals surface area contributed by atoms with Crippen molar-refractivity contribution in [2.45, 2.75) is 11.3 Å². The first kappa shape index (κ1) is 63.9. The summed E-state index contributed by atoms with van der Waals surface area (Å²) in [7, 11) is 0. The van der Waals surface area contributed by atoms with Crippen LogP contribution in [0.15, 0.2) is 425 Å². The van der Waals surface area contributed by atoms with E-state index >= 15 is 0 Å². The summed E-state index contributed by atoms with van der Waals surface area (Å²) in [4.78, 5) is 4.88. The van der Waals surface area contributed by atoms with Gasteiger partial charge in [-0.2, -0.15) is 0 Å². The molecule has 22 rings (SSSR count). The average molecular weight is 1410 g/mol. The predicted octanol–water partition coefficient (Wildman–Crippen LogP) is 28.7. The van der Waals surface area contributed by atoms with Crippen LogP contribution in [-0.4, -0.2) is 4.57 Å². The van der Waals surface area contributed by atoms with Gasteiger partial charge in [0, 0.05) is 56.2 Å². The molecule has 111 heavy (non-hydrogen) atoms. The van der Waals surface area contributed by atoms with Crippen LogP contribution in [0.2, 0.25) is 0 Å². The normalized spacial score (nSPS) is 14.1. The summed E-state index contributed by atoms with van der Waals surface area (Å²) in [5, 5.41) is 4.79. The second-order valence-corrected chi connectivity index (χ2v) is 29.8. The van der Waals surface area contributed by atoms with Crippen LogP contribution in [0.3, 0.4) is 0 Å². The molecular formula is C108H71N3. The summed E-state index contributed by atoms with van der Waals surface area (Å²) in [5.74, 6) is 0.203. The molecule has 3 aliphatic carbocycles. The van der Waals surface area contributed by atoms with Crippen LogP contribution >= 0.6 is 0 Å². The van der Waals surface area contributed by atoms with E-state index < -0.39 is 5.41 Å². The fourth-order valence-corrected chi connectivity index (χ4v) is 18.8. The van der Waals surface area contributed by atoms with Gasteiger partial charge in [-0.25, -0.2) is 0 Å². The van der Waals surface area contributed by atoms with E-state index in [0.29, 0.717) is 0 Å². The predicted molar refractivity (Wildman–Crippen MR) is 464 cm³/mol. The molecule has 0 saturated carbocycles. The first-order chi connectivity index (χ1) is 55.0. The molecule has 18 aromatic carbocycles. The number of nitrogens with zero attached hydrogens (tertiary/aromatic N) is 3. The van der Waals surface area contributed by atoms with Gasteiger partial charge in [0.05, 0.1) is 22.1 Å². The van der Waals surface area contributed by atoms with Crippen molar-refractivity contribution in [2.24, 2.45) is 0 Å². The number of rotatable bonds is 13. The van der Waals surface area contributed by atoms with Crippen molar-refractivity contribution in [1.82, 2.24) is 4.57 Å². The lowest BCUT2D eigenvalue weighted by atomic mass is 9.70. The zero-order valence-electron chi connectivity index (χ0n) is 60.8. The molecule has 0 radical (unpaired) electrons. The number of para-hydroxylation sites is 1. The summed E-state index contributed by atoms with van der Waals surface area (Å²) in [5.41, 5.74) is 38.1. The minimum absolute atomic E-state index is 0.203. The Bertz CT molecular complexity index is 6770. The molecule has 2 unspecified atom stereocenters. The first-order valence-corrected chi connectivity index (χ1v) is 38.6. The molecule has 19 aromatic rings. The number of aromatic nitrogens is 1. The molecule has 0 bridgehead atoms. The maximum atomic E-state index is 2.52. The van der Waals surface area contributed by atoms with E-state index in [9.17, 15) is 0 Å². The molecule has 0 fully saturated rings. The van der Waals surface area contributed by atoms with Crippen molar-refractivity contribution < 1.29 is 0 Å². The quantitative estimate of drug-likeness (QED) is 0.114. The van der Waals surface area contributed by atoms with E-state index in [1.54, 1.807) is 0 Å². The Labute approximate surface area is 646 Å². The van der Waals surface area contributed by atoms with Crippen molar-refractivity contribution in [2.75, 3.05) is 9.80 Å². The lowest BCUT2D eigenvalue weighted by Gasteiger charge is -2.32. The van der Waals surface area contributed by atoms with Crippen LogP contribution in [0.1, 0.15) is 44.9 Å². The number of benzene rings is 18. The van der Waals surface area contributed by atoms with Crippen LogP contribution < -0.4 is 9.80 Å². The van der Waals surface area contributed by atoms with Gasteiger partial charge >= 0.3 is 0 Å². The largest absolute Gasteiger partial charge is 0.310 e. The first-order valence-electron chi connectivity index (χ1n) is 38.6. The second-order valence-electron chi connectivity index (χ2n) is 29.8. The van der Waals surface area contributed by atoms with Crippen molar-refractivity contribution in [1.29, 1.82) is 0 Å². The Morgan fingerprint density at radius 1 is 0.216 bits per heavy atom. The van der Waals surface area contributed by atoms with E-state index in [1.165, 1.54) is 133 Å².